The summed E-state index contributed by atoms with van der Waals surface area (Å²) in [5.41, 5.74) is 7.92. The Labute approximate surface area is 83.3 Å². The predicted octanol–water partition coefficient (Wildman–Crippen LogP) is 2.33. The van der Waals surface area contributed by atoms with E-state index in [4.69, 9.17) is 5.73 Å². The molecule has 0 spiro atoms. The summed E-state index contributed by atoms with van der Waals surface area (Å²) in [7, 11) is 0. The maximum absolute atomic E-state index is 12.7. The number of aryl methyl sites for hydroxylation is 1. The molecule has 1 aromatic rings. The van der Waals surface area contributed by atoms with Gasteiger partial charge in [-0.15, -0.1) is 0 Å². The highest BCUT2D eigenvalue weighted by molar-refractivity contribution is 5.25. The Morgan fingerprint density at radius 2 is 2.36 bits per heavy atom. The third kappa shape index (κ3) is 2.10. The van der Waals surface area contributed by atoms with Crippen LogP contribution in [-0.4, -0.2) is 4.98 Å². The fraction of sp³-hybridized carbons (Fsp3) is 0.545. The highest BCUT2D eigenvalue weighted by Gasteiger charge is 2.25. The zero-order chi connectivity index (χ0) is 10.1. The van der Waals surface area contributed by atoms with Crippen molar-refractivity contribution in [2.45, 2.75) is 32.2 Å². The van der Waals surface area contributed by atoms with Gasteiger partial charge in [0.25, 0.3) is 0 Å². The number of hydrogen-bond donors (Lipinski definition) is 1. The van der Waals surface area contributed by atoms with Crippen molar-refractivity contribution in [3.05, 3.63) is 29.3 Å². The van der Waals surface area contributed by atoms with E-state index in [9.17, 15) is 4.39 Å². The monoisotopic (exact) mass is 194 g/mol. The zero-order valence-electron chi connectivity index (χ0n) is 8.33. The minimum absolute atomic E-state index is 0.0237. The lowest BCUT2D eigenvalue weighted by Gasteiger charge is -2.13. The maximum Gasteiger partial charge on any atom is 0.213 e. The second kappa shape index (κ2) is 3.65. The van der Waals surface area contributed by atoms with Crippen LogP contribution in [0, 0.1) is 18.8 Å². The van der Waals surface area contributed by atoms with Gasteiger partial charge in [0.2, 0.25) is 5.95 Å². The smallest absolute Gasteiger partial charge is 0.213 e. The van der Waals surface area contributed by atoms with Crippen LogP contribution in [-0.2, 0) is 0 Å². The molecule has 2 N–H and O–H groups in total. The van der Waals surface area contributed by atoms with Gasteiger partial charge in [0.15, 0.2) is 0 Å². The van der Waals surface area contributed by atoms with Crippen LogP contribution in [0.15, 0.2) is 12.3 Å². The molecule has 1 atom stereocenters. The molecule has 0 unspecified atom stereocenters. The van der Waals surface area contributed by atoms with E-state index in [0.29, 0.717) is 0 Å². The first kappa shape index (κ1) is 9.59. The van der Waals surface area contributed by atoms with Gasteiger partial charge in [-0.25, -0.2) is 4.98 Å². The van der Waals surface area contributed by atoms with E-state index in [1.165, 1.54) is 18.9 Å². The molecule has 0 aromatic carbocycles. The molecule has 3 heteroatoms. The summed E-state index contributed by atoms with van der Waals surface area (Å²) in [4.78, 5) is 3.64. The molecule has 1 aliphatic carbocycles. The van der Waals surface area contributed by atoms with Crippen molar-refractivity contribution in [1.29, 1.82) is 0 Å². The van der Waals surface area contributed by atoms with Gasteiger partial charge in [-0.1, -0.05) is 12.8 Å². The number of rotatable bonds is 3. The first-order valence-corrected chi connectivity index (χ1v) is 5.04. The molecular formula is C11H15FN2. The first-order chi connectivity index (χ1) is 6.66. The van der Waals surface area contributed by atoms with Crippen molar-refractivity contribution >= 4 is 0 Å². The second-order valence-corrected chi connectivity index (χ2v) is 4.15. The number of nitrogens with zero attached hydrogens (tertiary/aromatic N) is 1. The highest BCUT2D eigenvalue weighted by Crippen LogP contribution is 2.37. The molecule has 1 fully saturated rings. The largest absolute Gasteiger partial charge is 0.324 e. The highest BCUT2D eigenvalue weighted by atomic mass is 19.1. The van der Waals surface area contributed by atoms with Gasteiger partial charge >= 0.3 is 0 Å². The van der Waals surface area contributed by atoms with Crippen molar-refractivity contribution in [2.24, 2.45) is 11.7 Å². The van der Waals surface area contributed by atoms with Crippen LogP contribution in [0.3, 0.4) is 0 Å². The second-order valence-electron chi connectivity index (χ2n) is 4.15. The van der Waals surface area contributed by atoms with Crippen LogP contribution in [0.2, 0.25) is 0 Å². The summed E-state index contributed by atoms with van der Waals surface area (Å²) in [5.74, 6) is 0.360. The molecule has 14 heavy (non-hydrogen) atoms. The van der Waals surface area contributed by atoms with E-state index in [1.807, 2.05) is 6.92 Å². The van der Waals surface area contributed by atoms with Crippen LogP contribution < -0.4 is 5.73 Å². The lowest BCUT2D eigenvalue weighted by molar-refractivity contribution is 0.564. The van der Waals surface area contributed by atoms with Gasteiger partial charge in [0, 0.05) is 12.2 Å². The van der Waals surface area contributed by atoms with Gasteiger partial charge in [-0.05, 0) is 36.5 Å². The van der Waals surface area contributed by atoms with Gasteiger partial charge in [0.1, 0.15) is 0 Å². The summed E-state index contributed by atoms with van der Waals surface area (Å²) in [6.07, 6.45) is 5.16. The summed E-state index contributed by atoms with van der Waals surface area (Å²) < 4.78 is 12.7. The Morgan fingerprint density at radius 1 is 1.64 bits per heavy atom. The molecule has 2 rings (SSSR count). The molecule has 1 saturated carbocycles. The normalized spacial score (nSPS) is 18.2. The van der Waals surface area contributed by atoms with Gasteiger partial charge < -0.3 is 5.73 Å². The topological polar surface area (TPSA) is 38.9 Å². The minimum Gasteiger partial charge on any atom is -0.324 e. The van der Waals surface area contributed by atoms with E-state index >= 15 is 0 Å². The van der Waals surface area contributed by atoms with E-state index in [1.54, 1.807) is 6.20 Å². The third-order valence-electron chi connectivity index (χ3n) is 2.80. The Hall–Kier alpha value is -0.960. The number of halogens is 1. The summed E-state index contributed by atoms with van der Waals surface area (Å²) in [6, 6.07) is 1.47. The van der Waals surface area contributed by atoms with Crippen LogP contribution in [0.25, 0.3) is 0 Å². The SMILES string of the molecule is Cc1cc(F)ncc1[C@@H](N)CC1CC1. The Bertz CT molecular complexity index is 334. The summed E-state index contributed by atoms with van der Waals surface area (Å²) >= 11 is 0. The Kier molecular flexibility index (Phi) is 2.50. The standard InChI is InChI=1S/C11H15FN2/c1-7-4-11(12)14-6-9(7)10(13)5-8-2-3-8/h4,6,8,10H,2-3,5,13H2,1H3/t10-/m0/s1. The van der Waals surface area contributed by atoms with Crippen molar-refractivity contribution in [1.82, 2.24) is 4.98 Å². The molecule has 0 radical (unpaired) electrons. The molecule has 1 heterocycles. The third-order valence-corrected chi connectivity index (χ3v) is 2.80. The maximum atomic E-state index is 12.7. The molecule has 0 saturated heterocycles. The van der Waals surface area contributed by atoms with Crippen LogP contribution in [0.5, 0.6) is 0 Å². The van der Waals surface area contributed by atoms with Crippen LogP contribution in [0.1, 0.15) is 36.4 Å². The van der Waals surface area contributed by atoms with Gasteiger partial charge in [0.05, 0.1) is 0 Å². The number of aromatic nitrogens is 1. The molecule has 76 valence electrons. The van der Waals surface area contributed by atoms with Crippen LogP contribution >= 0.6 is 0 Å². The first-order valence-electron chi connectivity index (χ1n) is 5.04. The van der Waals surface area contributed by atoms with Gasteiger partial charge in [-0.2, -0.15) is 4.39 Å². The summed E-state index contributed by atoms with van der Waals surface area (Å²) in [5, 5.41) is 0. The van der Waals surface area contributed by atoms with E-state index in [0.717, 1.165) is 23.5 Å². The molecule has 1 aromatic heterocycles. The molecule has 0 amide bonds. The molecule has 0 bridgehead atoms. The van der Waals surface area contributed by atoms with Crippen molar-refractivity contribution in [2.75, 3.05) is 0 Å². The average Bonchev–Trinajstić information content (AvgIpc) is 2.87. The van der Waals surface area contributed by atoms with Gasteiger partial charge in [-0.3, -0.25) is 0 Å². The van der Waals surface area contributed by atoms with E-state index in [2.05, 4.69) is 4.98 Å². The van der Waals surface area contributed by atoms with E-state index < -0.39 is 5.95 Å². The lowest BCUT2D eigenvalue weighted by Crippen LogP contribution is -2.13. The fourth-order valence-electron chi connectivity index (χ4n) is 1.76. The van der Waals surface area contributed by atoms with Crippen LogP contribution in [0.4, 0.5) is 4.39 Å². The van der Waals surface area contributed by atoms with Crippen molar-refractivity contribution in [3.63, 3.8) is 0 Å². The molecular weight excluding hydrogens is 179 g/mol. The Morgan fingerprint density at radius 3 is 2.93 bits per heavy atom. The van der Waals surface area contributed by atoms with E-state index in [-0.39, 0.29) is 6.04 Å². The average molecular weight is 194 g/mol. The minimum atomic E-state index is -0.426. The fourth-order valence-corrected chi connectivity index (χ4v) is 1.76. The zero-order valence-corrected chi connectivity index (χ0v) is 8.33. The van der Waals surface area contributed by atoms with Crippen molar-refractivity contribution in [3.8, 4) is 0 Å². The lowest BCUT2D eigenvalue weighted by atomic mass is 10.00. The Balaban J connectivity index is 2.13. The van der Waals surface area contributed by atoms with Crippen molar-refractivity contribution < 1.29 is 4.39 Å². The quantitative estimate of drug-likeness (QED) is 0.750. The molecule has 2 nitrogen and oxygen atoms in total. The summed E-state index contributed by atoms with van der Waals surface area (Å²) in [6.45, 7) is 1.88. The predicted molar refractivity (Wildman–Crippen MR) is 53.2 cm³/mol. The molecule has 1 aliphatic rings. The number of hydrogen-bond acceptors (Lipinski definition) is 2. The molecule has 0 aliphatic heterocycles. The number of nitrogens with two attached hydrogens (primary N) is 1. The number of pyridine rings is 1.